The summed E-state index contributed by atoms with van der Waals surface area (Å²) in [5.41, 5.74) is 5.74. The molecule has 68 heavy (non-hydrogen) atoms. The molecule has 0 radical (unpaired) electrons. The Labute approximate surface area is 381 Å². The van der Waals surface area contributed by atoms with Crippen LogP contribution >= 0.6 is 23.5 Å². The van der Waals surface area contributed by atoms with Crippen molar-refractivity contribution in [1.29, 1.82) is 0 Å². The van der Waals surface area contributed by atoms with E-state index in [9.17, 15) is 109 Å². The molecule has 400 valence electrons. The van der Waals surface area contributed by atoms with Gasteiger partial charge in [0.15, 0.2) is 31.5 Å². The van der Waals surface area contributed by atoms with Gasteiger partial charge in [-0.25, -0.2) is 13.7 Å². The van der Waals surface area contributed by atoms with E-state index in [2.05, 4.69) is 13.6 Å². The van der Waals surface area contributed by atoms with Gasteiger partial charge in [0.1, 0.15) is 116 Å². The van der Waals surface area contributed by atoms with Gasteiger partial charge in [-0.3, -0.25) is 13.6 Å². The van der Waals surface area contributed by atoms with Crippen molar-refractivity contribution in [1.82, 2.24) is 0 Å². The number of hydrogen-bond donors (Lipinski definition) is 20. The minimum Gasteiger partial charge on any atom is -0.394 e. The fourth-order valence-corrected chi connectivity index (χ4v) is 8.71. The fraction of sp³-hybridized carbons (Fsp3) is 1.00. The number of aliphatic hydroxyl groups is 13. The minimum absolute atomic E-state index is 0.992. The molecule has 0 bridgehead atoms. The summed E-state index contributed by atoms with van der Waals surface area (Å²) < 4.78 is 98.4. The predicted molar refractivity (Wildman–Crippen MR) is 201 cm³/mol. The number of nitrogens with two attached hydrogens (primary N) is 1. The number of ether oxygens (including phenoxy) is 9. The normalized spacial score (nSPS) is 46.7. The van der Waals surface area contributed by atoms with Crippen LogP contribution in [0.1, 0.15) is 0 Å². The summed E-state index contributed by atoms with van der Waals surface area (Å²) in [6.45, 7) is -5.59. The zero-order valence-corrected chi connectivity index (χ0v) is 37.2. The Morgan fingerprint density at radius 2 is 0.794 bits per heavy atom. The molecule has 0 saturated carbocycles. The Kier molecular flexibility index (Phi) is 20.4. The number of rotatable bonds is 19. The fourth-order valence-electron chi connectivity index (χ4n) is 7.49. The Morgan fingerprint density at radius 1 is 0.397 bits per heavy atom. The summed E-state index contributed by atoms with van der Waals surface area (Å²) in [7, 11) is -16.3. The molecule has 5 rings (SSSR count). The van der Waals surface area contributed by atoms with Crippen molar-refractivity contribution in [3.05, 3.63) is 0 Å². The molecule has 0 unspecified atom stereocenters. The van der Waals surface area contributed by atoms with E-state index in [1.165, 1.54) is 0 Å². The zero-order chi connectivity index (χ0) is 51.0. The largest absolute Gasteiger partial charge is 0.470 e. The van der Waals surface area contributed by atoms with Crippen LogP contribution in [0.4, 0.5) is 0 Å². The Bertz CT molecular complexity index is 1740. The van der Waals surface area contributed by atoms with E-state index in [0.717, 1.165) is 0 Å². The first-order chi connectivity index (χ1) is 31.5. The van der Waals surface area contributed by atoms with Crippen molar-refractivity contribution in [2.45, 2.75) is 153 Å². The Balaban J connectivity index is 1.47. The van der Waals surface area contributed by atoms with Crippen molar-refractivity contribution >= 4 is 23.5 Å². The van der Waals surface area contributed by atoms with Gasteiger partial charge in [-0.15, -0.1) is 0 Å². The number of phosphoric ester groups is 3. The quantitative estimate of drug-likeness (QED) is 0.0534. The summed E-state index contributed by atoms with van der Waals surface area (Å²) in [5, 5.41) is 138. The Hall–Kier alpha value is -0.590. The molecule has 5 fully saturated rings. The summed E-state index contributed by atoms with van der Waals surface area (Å²) >= 11 is 0. The van der Waals surface area contributed by atoms with Gasteiger partial charge in [0.2, 0.25) is 0 Å². The maximum atomic E-state index is 11.9. The first-order valence-electron chi connectivity index (χ1n) is 19.9. The third kappa shape index (κ3) is 14.4. The van der Waals surface area contributed by atoms with Crippen molar-refractivity contribution in [3.63, 3.8) is 0 Å². The average Bonchev–Trinajstić information content (AvgIpc) is 3.25. The highest BCUT2D eigenvalue weighted by Crippen LogP contribution is 2.43. The van der Waals surface area contributed by atoms with Gasteiger partial charge in [-0.2, -0.15) is 0 Å². The molecule has 0 aromatic heterocycles. The van der Waals surface area contributed by atoms with Crippen molar-refractivity contribution in [2.24, 2.45) is 5.73 Å². The van der Waals surface area contributed by atoms with Crippen LogP contribution in [0.3, 0.4) is 0 Å². The lowest BCUT2D eigenvalue weighted by Crippen LogP contribution is -2.67. The number of phosphoric acid groups is 3. The lowest BCUT2D eigenvalue weighted by molar-refractivity contribution is -0.396. The highest BCUT2D eigenvalue weighted by atomic mass is 31.2. The first kappa shape index (κ1) is 58.3. The molecule has 0 aromatic rings. The molecule has 5 aliphatic rings. The van der Waals surface area contributed by atoms with E-state index >= 15 is 0 Å². The smallest absolute Gasteiger partial charge is 0.394 e. The van der Waals surface area contributed by atoms with Crippen LogP contribution in [0.5, 0.6) is 0 Å². The molecule has 5 saturated heterocycles. The molecule has 38 heteroatoms. The molecule has 0 amide bonds. The van der Waals surface area contributed by atoms with Crippen LogP contribution in [0.15, 0.2) is 0 Å². The molecule has 0 aliphatic carbocycles. The van der Waals surface area contributed by atoms with Crippen LogP contribution in [-0.2, 0) is 69.9 Å². The van der Waals surface area contributed by atoms with E-state index in [-0.39, 0.29) is 0 Å². The lowest BCUT2D eigenvalue weighted by atomic mass is 9.96. The van der Waals surface area contributed by atoms with E-state index < -0.39 is 210 Å². The standard InChI is InChI=1S/C30H56NO34P3/c31-11-16(38)22(7(2-33)57-26(11)44)62-30-25(65-68(51,52)53)20(42)13(35)8(60-30)3-54-28-23(18(40)14(36)9(59-28)4-55-66(45,46)47)64-29-24(19(41)15(37)10(61-29)5-56-67(48,49)50)63-27-21(43)17(39)12(34)6(1-32)58-27/h6-30,32-44H,1-5,31H2,(H2,45,46,47)(H2,48,49,50)(H2,51,52,53)/t6-,7-,8-,9-,10-,11-,12-,13-,14-,15-,16-,17+,18+,19+,20+,21+,22-,23+,24+,25+,26+,27-,28+,29-,30-/m1/s1. The van der Waals surface area contributed by atoms with Gasteiger partial charge in [-0.05, 0) is 0 Å². The highest BCUT2D eigenvalue weighted by Gasteiger charge is 2.57. The van der Waals surface area contributed by atoms with Gasteiger partial charge >= 0.3 is 23.5 Å². The number of hydrogen-bond acceptors (Lipinski definition) is 29. The Morgan fingerprint density at radius 3 is 1.28 bits per heavy atom. The SMILES string of the molecule is N[C@@H]1[C@@H](O)[C@H](O[C@H]2O[C@H](CO[C@H]3O[C@H](COP(=O)(O)O)[C@@H](O)[C@H](O)[C@@H]3O[C@H]3O[C@H](COP(=O)(O)O)[C@@H](O)[C@H](O)[C@@H]3O[C@H]3O[C@H](CO)[C@@H](O)[C@H](O)[C@@H]3O)[C@@H](O)[C@H](O)[C@@H]2OP(=O)(O)O)[C@@H](CO)O[C@@H]1O. The van der Waals surface area contributed by atoms with Gasteiger partial charge < -0.3 is 144 Å². The molecular formula is C30H56NO34P3. The van der Waals surface area contributed by atoms with Gasteiger partial charge in [0.25, 0.3) is 0 Å². The minimum atomic E-state index is -5.61. The number of aliphatic hydroxyl groups excluding tert-OH is 13. The van der Waals surface area contributed by atoms with E-state index in [1.54, 1.807) is 0 Å². The molecule has 35 nitrogen and oxygen atoms in total. The van der Waals surface area contributed by atoms with Gasteiger partial charge in [0, 0.05) is 0 Å². The van der Waals surface area contributed by atoms with E-state index in [4.69, 9.17) is 48.4 Å². The first-order valence-corrected chi connectivity index (χ1v) is 24.5. The zero-order valence-electron chi connectivity index (χ0n) is 34.5. The third-order valence-corrected chi connectivity index (χ3v) is 12.6. The van der Waals surface area contributed by atoms with Crippen LogP contribution < -0.4 is 5.73 Å². The average molecular weight is 1070 g/mol. The molecule has 0 aromatic carbocycles. The predicted octanol–water partition coefficient (Wildman–Crippen LogP) is -11.6. The molecule has 21 N–H and O–H groups in total. The highest BCUT2D eigenvalue weighted by molar-refractivity contribution is 7.46. The monoisotopic (exact) mass is 1070 g/mol. The van der Waals surface area contributed by atoms with Crippen LogP contribution in [-0.4, -0.2) is 282 Å². The topological polar surface area (TPSA) is 572 Å². The van der Waals surface area contributed by atoms with Gasteiger partial charge in [-0.1, -0.05) is 0 Å². The molecule has 5 heterocycles. The molecule has 0 spiro atoms. The summed E-state index contributed by atoms with van der Waals surface area (Å²) in [6, 6.07) is -1.64. The van der Waals surface area contributed by atoms with Crippen LogP contribution in [0.2, 0.25) is 0 Å². The molecular weight excluding hydrogens is 1010 g/mol. The van der Waals surface area contributed by atoms with E-state index in [1.807, 2.05) is 0 Å². The summed E-state index contributed by atoms with van der Waals surface area (Å²) in [4.78, 5) is 56.4. The van der Waals surface area contributed by atoms with E-state index in [0.29, 0.717) is 0 Å². The van der Waals surface area contributed by atoms with Crippen molar-refractivity contribution in [2.75, 3.05) is 33.0 Å². The molecule has 25 atom stereocenters. The van der Waals surface area contributed by atoms with Crippen LogP contribution in [0.25, 0.3) is 0 Å². The van der Waals surface area contributed by atoms with Crippen molar-refractivity contribution < 1.29 is 166 Å². The maximum absolute atomic E-state index is 11.9. The lowest BCUT2D eigenvalue weighted by Gasteiger charge is -2.49. The molecule has 5 aliphatic heterocycles. The van der Waals surface area contributed by atoms with Crippen molar-refractivity contribution in [3.8, 4) is 0 Å². The second kappa shape index (κ2) is 23.7. The van der Waals surface area contributed by atoms with Crippen LogP contribution in [0, 0.1) is 0 Å². The maximum Gasteiger partial charge on any atom is 0.470 e. The van der Waals surface area contributed by atoms with Gasteiger partial charge in [0.05, 0.1) is 39.1 Å². The summed E-state index contributed by atoms with van der Waals surface area (Å²) in [5.74, 6) is 0. The third-order valence-electron chi connectivity index (χ3n) is 11.1. The second-order valence-electron chi connectivity index (χ2n) is 15.9. The summed E-state index contributed by atoms with van der Waals surface area (Å²) in [6.07, 6.45) is -51.1. The second-order valence-corrected chi connectivity index (χ2v) is 19.5.